The van der Waals surface area contributed by atoms with Crippen molar-refractivity contribution in [3.8, 4) is 0 Å². The first-order chi connectivity index (χ1) is 14.2. The van der Waals surface area contributed by atoms with Gasteiger partial charge in [0.25, 0.3) is 0 Å². The molecule has 4 nitrogen and oxygen atoms in total. The maximum atomic E-state index is 12.6. The van der Waals surface area contributed by atoms with E-state index in [1.807, 2.05) is 13.0 Å². The van der Waals surface area contributed by atoms with Crippen LogP contribution in [0.15, 0.2) is 24.8 Å². The van der Waals surface area contributed by atoms with Crippen molar-refractivity contribution in [2.24, 2.45) is 35.0 Å². The van der Waals surface area contributed by atoms with Gasteiger partial charge in [-0.2, -0.15) is 0 Å². The summed E-state index contributed by atoms with van der Waals surface area (Å²) in [5, 5.41) is 3.41. The van der Waals surface area contributed by atoms with E-state index in [-0.39, 0.29) is 22.8 Å². The number of ether oxygens (including phenoxy) is 1. The largest absolute Gasteiger partial charge is 0.463 e. The molecule has 30 heavy (non-hydrogen) atoms. The number of amides is 1. The van der Waals surface area contributed by atoms with Gasteiger partial charge in [0.1, 0.15) is 0 Å². The van der Waals surface area contributed by atoms with Gasteiger partial charge >= 0.3 is 5.97 Å². The lowest BCUT2D eigenvalue weighted by atomic mass is 9.53. The van der Waals surface area contributed by atoms with Crippen LogP contribution < -0.4 is 5.32 Å². The fourth-order valence-electron chi connectivity index (χ4n) is 7.36. The standard InChI is InChI=1S/C26H41NO3/c1-6-8-16-26(5)22-15-17-25(4)20(18(3)9-14-24(29)30-7-2)11-12-21(25)19(22)10-13-23(28)27-26/h6,9,14,18-22H,1,7-8,10-13,15-17H2,2-5H3,(H,27,28)/b14-9+/t18-,19?,20+,21?,22?,25+,26+/m0/s1. The molecule has 0 spiro atoms. The Bertz CT molecular complexity index is 686. The van der Waals surface area contributed by atoms with Gasteiger partial charge in [0.15, 0.2) is 0 Å². The molecule has 3 rings (SSSR count). The molecular formula is C26H41NO3. The smallest absolute Gasteiger partial charge is 0.330 e. The number of carbonyl (C=O) groups is 2. The van der Waals surface area contributed by atoms with Crippen LogP contribution in [0.4, 0.5) is 0 Å². The topological polar surface area (TPSA) is 55.4 Å². The van der Waals surface area contributed by atoms with E-state index in [0.717, 1.165) is 19.3 Å². The Balaban J connectivity index is 1.80. The predicted molar refractivity (Wildman–Crippen MR) is 121 cm³/mol. The lowest BCUT2D eigenvalue weighted by Crippen LogP contribution is -2.55. The first-order valence-electron chi connectivity index (χ1n) is 12.0. The number of nitrogens with one attached hydrogen (secondary N) is 1. The van der Waals surface area contributed by atoms with E-state index in [9.17, 15) is 9.59 Å². The SMILES string of the molecule is C=CCC[C@@]1(C)NC(=O)CCC2C1CC[C@@]1(C)C2CC[C@@H]1[C@@H](C)/C=C/C(=O)OCC. The average Bonchev–Trinajstić information content (AvgIpc) is 2.99. The van der Waals surface area contributed by atoms with Gasteiger partial charge in [-0.15, -0.1) is 6.58 Å². The van der Waals surface area contributed by atoms with E-state index >= 15 is 0 Å². The van der Waals surface area contributed by atoms with Crippen LogP contribution in [0, 0.1) is 35.0 Å². The predicted octanol–water partition coefficient (Wildman–Crippen LogP) is 5.44. The number of fused-ring (bicyclic) bond motifs is 3. The summed E-state index contributed by atoms with van der Waals surface area (Å²) < 4.78 is 5.06. The fourth-order valence-corrected chi connectivity index (χ4v) is 7.36. The molecule has 0 aromatic heterocycles. The van der Waals surface area contributed by atoms with Gasteiger partial charge < -0.3 is 10.1 Å². The Hall–Kier alpha value is -1.58. The molecule has 2 aliphatic carbocycles. The number of hydrogen-bond donors (Lipinski definition) is 1. The quantitative estimate of drug-likeness (QED) is 0.342. The zero-order valence-corrected chi connectivity index (χ0v) is 19.4. The number of rotatable bonds is 7. The summed E-state index contributed by atoms with van der Waals surface area (Å²) in [5.41, 5.74) is 0.160. The van der Waals surface area contributed by atoms with Gasteiger partial charge in [0.2, 0.25) is 5.91 Å². The lowest BCUT2D eigenvalue weighted by molar-refractivity contribution is -0.137. The highest BCUT2D eigenvalue weighted by Crippen LogP contribution is 2.63. The number of allylic oxidation sites excluding steroid dienone is 2. The molecular weight excluding hydrogens is 374 g/mol. The zero-order chi connectivity index (χ0) is 21.9. The summed E-state index contributed by atoms with van der Waals surface area (Å²) in [6, 6.07) is 0. The van der Waals surface area contributed by atoms with Crippen LogP contribution in [0.1, 0.15) is 79.1 Å². The molecule has 1 N–H and O–H groups in total. The van der Waals surface area contributed by atoms with Gasteiger partial charge in [0.05, 0.1) is 6.61 Å². The van der Waals surface area contributed by atoms with E-state index in [4.69, 9.17) is 4.74 Å². The highest BCUT2D eigenvalue weighted by Gasteiger charge is 2.57. The summed E-state index contributed by atoms with van der Waals surface area (Å²) >= 11 is 0. The second-order valence-electron chi connectivity index (χ2n) is 10.4. The summed E-state index contributed by atoms with van der Waals surface area (Å²) in [6.07, 6.45) is 14.1. The third-order valence-corrected chi connectivity index (χ3v) is 8.78. The molecule has 0 bridgehead atoms. The van der Waals surface area contributed by atoms with Gasteiger partial charge in [-0.1, -0.05) is 26.0 Å². The van der Waals surface area contributed by atoms with Crippen molar-refractivity contribution >= 4 is 11.9 Å². The molecule has 168 valence electrons. The Morgan fingerprint density at radius 2 is 2.03 bits per heavy atom. The molecule has 2 saturated carbocycles. The molecule has 3 aliphatic rings. The molecule has 4 heteroatoms. The van der Waals surface area contributed by atoms with Crippen LogP contribution >= 0.6 is 0 Å². The minimum Gasteiger partial charge on any atom is -0.463 e. The van der Waals surface area contributed by atoms with Crippen molar-refractivity contribution in [1.29, 1.82) is 0 Å². The number of carbonyl (C=O) groups excluding carboxylic acids is 2. The summed E-state index contributed by atoms with van der Waals surface area (Å²) in [6.45, 7) is 13.2. The minimum absolute atomic E-state index is 0.124. The second kappa shape index (κ2) is 9.28. The van der Waals surface area contributed by atoms with Crippen LogP contribution in [0.2, 0.25) is 0 Å². The Labute approximate surface area is 182 Å². The molecule has 3 fully saturated rings. The first-order valence-corrected chi connectivity index (χ1v) is 12.0. The van der Waals surface area contributed by atoms with Crippen molar-refractivity contribution < 1.29 is 14.3 Å². The highest BCUT2D eigenvalue weighted by atomic mass is 16.5. The van der Waals surface area contributed by atoms with E-state index in [2.05, 4.69) is 38.7 Å². The van der Waals surface area contributed by atoms with Crippen LogP contribution in [-0.4, -0.2) is 24.0 Å². The lowest BCUT2D eigenvalue weighted by Gasteiger charge is -2.53. The van der Waals surface area contributed by atoms with Crippen molar-refractivity contribution in [1.82, 2.24) is 5.32 Å². The molecule has 1 amide bonds. The fraction of sp³-hybridized carbons (Fsp3) is 0.769. The zero-order valence-electron chi connectivity index (χ0n) is 19.4. The van der Waals surface area contributed by atoms with Crippen molar-refractivity contribution in [2.45, 2.75) is 84.6 Å². The van der Waals surface area contributed by atoms with Gasteiger partial charge in [-0.3, -0.25) is 4.79 Å². The first kappa shape index (κ1) is 23.1. The third kappa shape index (κ3) is 4.38. The number of hydrogen-bond acceptors (Lipinski definition) is 3. The second-order valence-corrected chi connectivity index (χ2v) is 10.4. The van der Waals surface area contributed by atoms with Crippen molar-refractivity contribution in [3.05, 3.63) is 24.8 Å². The Morgan fingerprint density at radius 1 is 1.27 bits per heavy atom. The summed E-state index contributed by atoms with van der Waals surface area (Å²) in [4.78, 5) is 24.3. The minimum atomic E-state index is -0.237. The van der Waals surface area contributed by atoms with Crippen LogP contribution in [0.5, 0.6) is 0 Å². The Kier molecular flexibility index (Phi) is 7.14. The van der Waals surface area contributed by atoms with Crippen LogP contribution in [-0.2, 0) is 14.3 Å². The highest BCUT2D eigenvalue weighted by molar-refractivity contribution is 5.81. The molecule has 0 aromatic carbocycles. The van der Waals surface area contributed by atoms with Crippen molar-refractivity contribution in [3.63, 3.8) is 0 Å². The molecule has 0 radical (unpaired) electrons. The summed E-state index contributed by atoms with van der Waals surface area (Å²) in [5.74, 6) is 2.74. The van der Waals surface area contributed by atoms with E-state index < -0.39 is 0 Å². The molecule has 7 atom stereocenters. The maximum absolute atomic E-state index is 12.6. The van der Waals surface area contributed by atoms with Crippen molar-refractivity contribution in [2.75, 3.05) is 6.61 Å². The Morgan fingerprint density at radius 3 is 2.73 bits per heavy atom. The van der Waals surface area contributed by atoms with Crippen LogP contribution in [0.3, 0.4) is 0 Å². The van der Waals surface area contributed by atoms with E-state index in [1.165, 1.54) is 25.7 Å². The normalized spacial score (nSPS) is 39.5. The monoisotopic (exact) mass is 415 g/mol. The van der Waals surface area contributed by atoms with Gasteiger partial charge in [-0.05, 0) is 93.8 Å². The molecule has 3 unspecified atom stereocenters. The maximum Gasteiger partial charge on any atom is 0.330 e. The summed E-state index contributed by atoms with van der Waals surface area (Å²) in [7, 11) is 0. The number of esters is 1. The molecule has 0 aromatic rings. The van der Waals surface area contributed by atoms with Gasteiger partial charge in [0, 0.05) is 18.0 Å². The average molecular weight is 416 g/mol. The molecule has 1 saturated heterocycles. The van der Waals surface area contributed by atoms with Gasteiger partial charge in [-0.25, -0.2) is 4.79 Å². The third-order valence-electron chi connectivity index (χ3n) is 8.78. The van der Waals surface area contributed by atoms with E-state index in [1.54, 1.807) is 6.08 Å². The van der Waals surface area contributed by atoms with E-state index in [0.29, 0.717) is 42.6 Å². The molecule has 1 heterocycles. The molecule has 1 aliphatic heterocycles. The van der Waals surface area contributed by atoms with Crippen LogP contribution in [0.25, 0.3) is 0 Å².